The van der Waals surface area contributed by atoms with Crippen molar-refractivity contribution < 1.29 is 0 Å². The van der Waals surface area contributed by atoms with Crippen LogP contribution in [0.3, 0.4) is 0 Å². The van der Waals surface area contributed by atoms with E-state index in [0.29, 0.717) is 5.82 Å². The van der Waals surface area contributed by atoms with Gasteiger partial charge in [0.15, 0.2) is 5.11 Å². The second-order valence-electron chi connectivity index (χ2n) is 6.00. The summed E-state index contributed by atoms with van der Waals surface area (Å²) < 4.78 is 0. The van der Waals surface area contributed by atoms with Crippen LogP contribution in [0.2, 0.25) is 0 Å². The van der Waals surface area contributed by atoms with E-state index in [9.17, 15) is 0 Å². The fourth-order valence-electron chi connectivity index (χ4n) is 2.83. The zero-order chi connectivity index (χ0) is 16.4. The van der Waals surface area contributed by atoms with E-state index in [-0.39, 0.29) is 0 Å². The first-order valence-corrected chi connectivity index (χ1v) is 8.97. The number of hydrogen-bond acceptors (Lipinski definition) is 6. The summed E-state index contributed by atoms with van der Waals surface area (Å²) in [6.45, 7) is 3.71. The molecule has 124 valence electrons. The fraction of sp³-hybridized carbons (Fsp3) is 0.533. The lowest BCUT2D eigenvalue weighted by Gasteiger charge is -2.29. The van der Waals surface area contributed by atoms with Gasteiger partial charge in [-0.15, -0.1) is 11.3 Å². The Morgan fingerprint density at radius 2 is 2.30 bits per heavy atom. The van der Waals surface area contributed by atoms with Crippen LogP contribution < -0.4 is 11.1 Å². The number of anilines is 1. The quantitative estimate of drug-likeness (QED) is 0.639. The van der Waals surface area contributed by atoms with Gasteiger partial charge in [-0.3, -0.25) is 0 Å². The van der Waals surface area contributed by atoms with Crippen molar-refractivity contribution >= 4 is 44.7 Å². The molecule has 3 heterocycles. The third-order valence-corrected chi connectivity index (χ3v) is 5.54. The van der Waals surface area contributed by atoms with Crippen molar-refractivity contribution in [1.82, 2.24) is 25.1 Å². The molecule has 2 aromatic rings. The minimum Gasteiger partial charge on any atom is -0.383 e. The van der Waals surface area contributed by atoms with Gasteiger partial charge in [-0.1, -0.05) is 0 Å². The van der Waals surface area contributed by atoms with Crippen molar-refractivity contribution in [3.63, 3.8) is 0 Å². The van der Waals surface area contributed by atoms with E-state index >= 15 is 0 Å². The summed E-state index contributed by atoms with van der Waals surface area (Å²) >= 11 is 7.24. The highest BCUT2D eigenvalue weighted by molar-refractivity contribution is 7.80. The molecule has 0 atom stereocenters. The monoisotopic (exact) mass is 350 g/mol. The van der Waals surface area contributed by atoms with Gasteiger partial charge in [-0.05, 0) is 51.3 Å². The number of fused-ring (bicyclic) bond motifs is 3. The van der Waals surface area contributed by atoms with E-state index in [1.54, 1.807) is 11.3 Å². The number of thiocarbonyl (C=S) groups is 1. The Balaban J connectivity index is 1.65. The molecule has 23 heavy (non-hydrogen) atoms. The van der Waals surface area contributed by atoms with E-state index in [0.717, 1.165) is 54.3 Å². The molecule has 1 aliphatic heterocycles. The minimum absolute atomic E-state index is 0.588. The zero-order valence-corrected chi connectivity index (χ0v) is 15.1. The van der Waals surface area contributed by atoms with Gasteiger partial charge in [0.05, 0.1) is 11.9 Å². The number of nitrogens with one attached hydrogen (secondary N) is 1. The summed E-state index contributed by atoms with van der Waals surface area (Å²) in [5.41, 5.74) is 7.33. The summed E-state index contributed by atoms with van der Waals surface area (Å²) in [5, 5.41) is 5.24. The molecule has 0 bridgehead atoms. The number of rotatable bonds is 4. The summed E-state index contributed by atoms with van der Waals surface area (Å²) in [4.78, 5) is 15.2. The third-order valence-electron chi connectivity index (χ3n) is 4.01. The number of nitrogen functional groups attached to an aromatic ring is 1. The number of nitrogens with two attached hydrogens (primary N) is 1. The first-order chi connectivity index (χ1) is 11.1. The van der Waals surface area contributed by atoms with Crippen molar-refractivity contribution in [3.8, 4) is 0 Å². The molecular formula is C15H22N6S2. The molecule has 6 nitrogen and oxygen atoms in total. The van der Waals surface area contributed by atoms with Crippen LogP contribution in [-0.4, -0.2) is 58.6 Å². The predicted molar refractivity (Wildman–Crippen MR) is 99.7 cm³/mol. The average Bonchev–Trinajstić information content (AvgIpc) is 2.89. The Hall–Kier alpha value is -1.51. The highest BCUT2D eigenvalue weighted by Gasteiger charge is 2.24. The number of nitrogens with zero attached hydrogens (tertiary/aromatic N) is 4. The third kappa shape index (κ3) is 3.54. The van der Waals surface area contributed by atoms with E-state index in [1.807, 2.05) is 0 Å². The van der Waals surface area contributed by atoms with E-state index in [2.05, 4.69) is 39.2 Å². The van der Waals surface area contributed by atoms with Crippen LogP contribution in [0.25, 0.3) is 10.2 Å². The molecular weight excluding hydrogens is 328 g/mol. The molecule has 2 aromatic heterocycles. The van der Waals surface area contributed by atoms with Gasteiger partial charge in [0.25, 0.3) is 0 Å². The highest BCUT2D eigenvalue weighted by Crippen LogP contribution is 2.36. The zero-order valence-electron chi connectivity index (χ0n) is 13.5. The second kappa shape index (κ2) is 6.94. The minimum atomic E-state index is 0.588. The first-order valence-electron chi connectivity index (χ1n) is 7.74. The van der Waals surface area contributed by atoms with Gasteiger partial charge in [0.2, 0.25) is 0 Å². The van der Waals surface area contributed by atoms with E-state index in [1.165, 1.54) is 16.8 Å². The topological polar surface area (TPSA) is 70.3 Å². The van der Waals surface area contributed by atoms with Gasteiger partial charge in [0, 0.05) is 18.0 Å². The van der Waals surface area contributed by atoms with Crippen LogP contribution >= 0.6 is 23.6 Å². The van der Waals surface area contributed by atoms with Crippen molar-refractivity contribution in [2.45, 2.75) is 19.4 Å². The van der Waals surface area contributed by atoms with Crippen LogP contribution in [0.15, 0.2) is 6.33 Å². The number of thiophene rings is 1. The maximum atomic E-state index is 6.02. The molecule has 3 rings (SSSR count). The highest BCUT2D eigenvalue weighted by atomic mass is 32.1. The van der Waals surface area contributed by atoms with Crippen molar-refractivity contribution in [3.05, 3.63) is 16.8 Å². The normalized spacial score (nSPS) is 14.3. The molecule has 0 aliphatic carbocycles. The van der Waals surface area contributed by atoms with Crippen LogP contribution in [0.1, 0.15) is 16.9 Å². The SMILES string of the molecule is CN(C)CCCNC(=S)N1CCc2c(sc3ncnc(N)c23)C1. The Kier molecular flexibility index (Phi) is 4.93. The molecule has 0 radical (unpaired) electrons. The lowest BCUT2D eigenvalue weighted by molar-refractivity contribution is 0.381. The van der Waals surface area contributed by atoms with Crippen LogP contribution in [0.5, 0.6) is 0 Å². The van der Waals surface area contributed by atoms with Gasteiger partial charge in [-0.25, -0.2) is 9.97 Å². The molecule has 0 aromatic carbocycles. The summed E-state index contributed by atoms with van der Waals surface area (Å²) in [6.07, 6.45) is 3.56. The number of aromatic nitrogens is 2. The molecule has 0 amide bonds. The van der Waals surface area contributed by atoms with Gasteiger partial charge in [-0.2, -0.15) is 0 Å². The van der Waals surface area contributed by atoms with Gasteiger partial charge < -0.3 is 20.9 Å². The Morgan fingerprint density at radius 3 is 3.09 bits per heavy atom. The summed E-state index contributed by atoms with van der Waals surface area (Å²) in [7, 11) is 4.17. The van der Waals surface area contributed by atoms with Crippen molar-refractivity contribution in [1.29, 1.82) is 0 Å². The standard InChI is InChI=1S/C15H22N6S2/c1-20(2)6-3-5-17-15(22)21-7-4-10-11(8-21)23-14-12(10)13(16)18-9-19-14/h9H,3-8H2,1-2H3,(H,17,22)(H2,16,18,19). The molecule has 8 heteroatoms. The molecule has 0 unspecified atom stereocenters. The molecule has 0 saturated carbocycles. The Morgan fingerprint density at radius 1 is 1.48 bits per heavy atom. The second-order valence-corrected chi connectivity index (χ2v) is 7.47. The van der Waals surface area contributed by atoms with Crippen LogP contribution in [0, 0.1) is 0 Å². The number of hydrogen-bond donors (Lipinski definition) is 2. The van der Waals surface area contributed by atoms with Crippen molar-refractivity contribution in [2.75, 3.05) is 39.5 Å². The van der Waals surface area contributed by atoms with Gasteiger partial charge in [0.1, 0.15) is 17.0 Å². The predicted octanol–water partition coefficient (Wildman–Crippen LogP) is 1.46. The average molecular weight is 351 g/mol. The van der Waals surface area contributed by atoms with Crippen LogP contribution in [0.4, 0.5) is 5.82 Å². The summed E-state index contributed by atoms with van der Waals surface area (Å²) in [5.74, 6) is 0.588. The smallest absolute Gasteiger partial charge is 0.169 e. The Labute approximate surface area is 145 Å². The maximum Gasteiger partial charge on any atom is 0.169 e. The molecule has 3 N–H and O–H groups in total. The molecule has 0 fully saturated rings. The van der Waals surface area contributed by atoms with Crippen LogP contribution in [-0.2, 0) is 13.0 Å². The maximum absolute atomic E-state index is 6.02. The van der Waals surface area contributed by atoms with E-state index in [4.69, 9.17) is 18.0 Å². The van der Waals surface area contributed by atoms with Gasteiger partial charge >= 0.3 is 0 Å². The first kappa shape index (κ1) is 16.4. The fourth-order valence-corrected chi connectivity index (χ4v) is 4.30. The lowest BCUT2D eigenvalue weighted by atomic mass is 10.1. The van der Waals surface area contributed by atoms with E-state index < -0.39 is 0 Å². The lowest BCUT2D eigenvalue weighted by Crippen LogP contribution is -2.42. The van der Waals surface area contributed by atoms with Crippen molar-refractivity contribution in [2.24, 2.45) is 0 Å². The molecule has 0 spiro atoms. The largest absolute Gasteiger partial charge is 0.383 e. The summed E-state index contributed by atoms with van der Waals surface area (Å²) in [6, 6.07) is 0. The molecule has 0 saturated heterocycles. The Bertz CT molecular complexity index is 711. The molecule has 1 aliphatic rings.